The van der Waals surface area contributed by atoms with Gasteiger partial charge < -0.3 is 25.4 Å². The highest BCUT2D eigenvalue weighted by Crippen LogP contribution is 2.23. The normalized spacial score (nSPS) is 15.8. The summed E-state index contributed by atoms with van der Waals surface area (Å²) in [5, 5.41) is 9.09. The number of Topliss-reactive ketones (excluding diaryl/α,β-unsaturated/α-hetero) is 1. The first-order valence-electron chi connectivity index (χ1n) is 12.1. The van der Waals surface area contributed by atoms with Crippen LogP contribution >= 0.6 is 23.7 Å². The summed E-state index contributed by atoms with van der Waals surface area (Å²) >= 11 is 1.32. The van der Waals surface area contributed by atoms with E-state index in [4.69, 9.17) is 9.47 Å². The highest BCUT2D eigenvalue weighted by atomic mass is 35.5. The van der Waals surface area contributed by atoms with Crippen molar-refractivity contribution in [3.8, 4) is 0 Å². The summed E-state index contributed by atoms with van der Waals surface area (Å²) < 4.78 is 11.7. The zero-order valence-corrected chi connectivity index (χ0v) is 21.9. The van der Waals surface area contributed by atoms with Crippen LogP contribution in [0.2, 0.25) is 0 Å². The Morgan fingerprint density at radius 1 is 1.11 bits per heavy atom. The van der Waals surface area contributed by atoms with E-state index in [1.54, 1.807) is 0 Å². The number of ketones is 1. The van der Waals surface area contributed by atoms with Crippen LogP contribution in [-0.4, -0.2) is 61.2 Å². The zero-order chi connectivity index (χ0) is 25.2. The number of alkyl carbamates (subject to hydrolysis) is 1. The molecule has 2 heterocycles. The van der Waals surface area contributed by atoms with Crippen LogP contribution in [-0.2, 0) is 20.9 Å². The maximum Gasteiger partial charge on any atom is 0.407 e. The van der Waals surface area contributed by atoms with Crippen LogP contribution in [0.1, 0.15) is 34.6 Å². The molecule has 1 unspecified atom stereocenters. The lowest BCUT2D eigenvalue weighted by Gasteiger charge is -2.25. The number of hydrogen-bond acceptors (Lipinski definition) is 8. The summed E-state index contributed by atoms with van der Waals surface area (Å²) in [6, 6.07) is 16.3. The predicted octanol–water partition coefficient (Wildman–Crippen LogP) is 3.47. The Bertz CT molecular complexity index is 1140. The lowest BCUT2D eigenvalue weighted by Crippen LogP contribution is -2.52. The fourth-order valence-corrected chi connectivity index (χ4v) is 4.79. The molecule has 3 aromatic rings. The van der Waals surface area contributed by atoms with Crippen molar-refractivity contribution >= 4 is 51.7 Å². The van der Waals surface area contributed by atoms with E-state index in [-0.39, 0.29) is 30.7 Å². The molecule has 198 valence electrons. The van der Waals surface area contributed by atoms with E-state index in [9.17, 15) is 14.4 Å². The number of nitrogens with zero attached hydrogens (tertiary/aromatic N) is 1. The summed E-state index contributed by atoms with van der Waals surface area (Å²) in [5.74, 6) is -0.534. The molecule has 1 aliphatic heterocycles. The summed E-state index contributed by atoms with van der Waals surface area (Å²) in [4.78, 5) is 42.5. The first-order valence-corrected chi connectivity index (χ1v) is 12.9. The average Bonchev–Trinajstić information content (AvgIpc) is 3.36. The number of morpholine rings is 1. The Labute approximate surface area is 225 Å². The van der Waals surface area contributed by atoms with Gasteiger partial charge in [0.05, 0.1) is 22.9 Å². The van der Waals surface area contributed by atoms with Gasteiger partial charge in [0.25, 0.3) is 5.91 Å². The van der Waals surface area contributed by atoms with Gasteiger partial charge in [-0.3, -0.25) is 9.59 Å². The average molecular weight is 547 g/mol. The molecule has 1 fully saturated rings. The lowest BCUT2D eigenvalue weighted by molar-refractivity contribution is -0.134. The zero-order valence-electron chi connectivity index (χ0n) is 20.3. The van der Waals surface area contributed by atoms with Gasteiger partial charge in [-0.2, -0.15) is 0 Å². The van der Waals surface area contributed by atoms with Gasteiger partial charge in [0.1, 0.15) is 12.7 Å². The smallest absolute Gasteiger partial charge is 0.407 e. The van der Waals surface area contributed by atoms with Crippen molar-refractivity contribution in [1.82, 2.24) is 20.9 Å². The number of hydrogen-bond donors (Lipinski definition) is 3. The molecule has 2 amide bonds. The largest absolute Gasteiger partial charge is 0.445 e. The number of aromatic nitrogens is 1. The summed E-state index contributed by atoms with van der Waals surface area (Å²) in [5.41, 5.74) is 1.67. The number of ether oxygens (including phenoxy) is 2. The molecule has 37 heavy (non-hydrogen) atoms. The lowest BCUT2D eigenvalue weighted by atomic mass is 10.0. The minimum atomic E-state index is -0.728. The van der Waals surface area contributed by atoms with Gasteiger partial charge in [-0.25, -0.2) is 9.78 Å². The van der Waals surface area contributed by atoms with E-state index >= 15 is 0 Å². The van der Waals surface area contributed by atoms with Crippen molar-refractivity contribution in [2.45, 2.75) is 38.0 Å². The third kappa shape index (κ3) is 8.50. The van der Waals surface area contributed by atoms with Crippen LogP contribution in [0.15, 0.2) is 54.6 Å². The van der Waals surface area contributed by atoms with E-state index in [0.717, 1.165) is 15.8 Å². The van der Waals surface area contributed by atoms with Crippen molar-refractivity contribution in [3.05, 3.63) is 65.2 Å². The van der Waals surface area contributed by atoms with Gasteiger partial charge >= 0.3 is 6.09 Å². The second-order valence-corrected chi connectivity index (χ2v) is 9.49. The number of fused-ring (bicyclic) bond motifs is 1. The van der Waals surface area contributed by atoms with Crippen molar-refractivity contribution in [2.24, 2.45) is 0 Å². The number of benzene rings is 2. The van der Waals surface area contributed by atoms with Crippen molar-refractivity contribution < 1.29 is 23.9 Å². The molecule has 0 aliphatic carbocycles. The molecule has 0 bridgehead atoms. The number of unbranched alkanes of at least 4 members (excludes halogenated alkanes) is 1. The number of para-hydroxylation sites is 1. The molecule has 1 saturated heterocycles. The van der Waals surface area contributed by atoms with E-state index in [1.807, 2.05) is 54.6 Å². The van der Waals surface area contributed by atoms with Crippen LogP contribution < -0.4 is 16.0 Å². The Kier molecular flexibility index (Phi) is 11.3. The Morgan fingerprint density at radius 3 is 2.65 bits per heavy atom. The van der Waals surface area contributed by atoms with Crippen molar-refractivity contribution in [3.63, 3.8) is 0 Å². The van der Waals surface area contributed by atoms with Gasteiger partial charge in [0.15, 0.2) is 5.01 Å². The number of carbonyl (C=O) groups is 3. The fraction of sp³-hybridized carbons (Fsp3) is 0.385. The molecule has 2 atom stereocenters. The van der Waals surface area contributed by atoms with Crippen molar-refractivity contribution in [2.75, 3.05) is 26.2 Å². The molecule has 11 heteroatoms. The third-order valence-electron chi connectivity index (χ3n) is 5.76. The molecule has 1 aliphatic rings. The van der Waals surface area contributed by atoms with Crippen LogP contribution in [0.5, 0.6) is 0 Å². The molecular formula is C26H31ClN4O5S. The number of halogens is 1. The summed E-state index contributed by atoms with van der Waals surface area (Å²) in [6.45, 7) is 2.15. The van der Waals surface area contributed by atoms with Crippen LogP contribution in [0.4, 0.5) is 4.79 Å². The molecule has 1 aromatic heterocycles. The molecule has 0 spiro atoms. The maximum absolute atomic E-state index is 13.3. The first kappa shape index (κ1) is 28.5. The second-order valence-electron chi connectivity index (χ2n) is 8.46. The number of carbonyl (C=O) groups excluding carboxylic acids is 3. The van der Waals surface area contributed by atoms with Gasteiger partial charge in [0.2, 0.25) is 5.78 Å². The molecule has 9 nitrogen and oxygen atoms in total. The molecule has 2 aromatic carbocycles. The number of thiazole rings is 1. The molecule has 4 rings (SSSR count). The Hall–Kier alpha value is -3.05. The van der Waals surface area contributed by atoms with Crippen LogP contribution in [0, 0.1) is 0 Å². The predicted molar refractivity (Wildman–Crippen MR) is 144 cm³/mol. The van der Waals surface area contributed by atoms with Crippen LogP contribution in [0.3, 0.4) is 0 Å². The van der Waals surface area contributed by atoms with Gasteiger partial charge in [-0.1, -0.05) is 42.5 Å². The van der Waals surface area contributed by atoms with Gasteiger partial charge in [-0.15, -0.1) is 23.7 Å². The summed E-state index contributed by atoms with van der Waals surface area (Å²) in [6.07, 6.45) is 0.536. The summed E-state index contributed by atoms with van der Waals surface area (Å²) in [7, 11) is 0. The minimum Gasteiger partial charge on any atom is -0.445 e. The standard InChI is InChI=1S/C26H30N4O5S.ClH/c31-23(25-30-19-10-4-5-12-22(19)36-25)20(29-24(32)21-16-27-14-15-34-21)11-6-7-13-28-26(33)35-17-18-8-2-1-3-9-18;/h1-5,8-10,12,20-21,27H,6-7,11,13-17H2,(H,28,33)(H,29,32);1H/t20-,21?;/m0./s1. The monoisotopic (exact) mass is 546 g/mol. The van der Waals surface area contributed by atoms with E-state index in [1.165, 1.54) is 11.3 Å². The Morgan fingerprint density at radius 2 is 1.89 bits per heavy atom. The second kappa shape index (κ2) is 14.6. The van der Waals surface area contributed by atoms with Gasteiger partial charge in [0, 0.05) is 19.6 Å². The van der Waals surface area contributed by atoms with Crippen LogP contribution in [0.25, 0.3) is 10.2 Å². The Balaban J connectivity index is 0.00000380. The number of nitrogens with one attached hydrogen (secondary N) is 3. The van der Waals surface area contributed by atoms with E-state index in [2.05, 4.69) is 20.9 Å². The van der Waals surface area contributed by atoms with E-state index in [0.29, 0.717) is 50.5 Å². The van der Waals surface area contributed by atoms with E-state index < -0.39 is 18.2 Å². The molecule has 3 N–H and O–H groups in total. The third-order valence-corrected chi connectivity index (χ3v) is 6.81. The molecular weight excluding hydrogens is 516 g/mol. The highest BCUT2D eigenvalue weighted by molar-refractivity contribution is 7.20. The molecule has 0 radical (unpaired) electrons. The quantitative estimate of drug-likeness (QED) is 0.249. The SMILES string of the molecule is Cl.O=C(NCCCC[C@H](NC(=O)C1CNCCO1)C(=O)c1nc2ccccc2s1)OCc1ccccc1. The minimum absolute atomic E-state index is 0. The topological polar surface area (TPSA) is 119 Å². The van der Waals surface area contributed by atoms with Gasteiger partial charge in [-0.05, 0) is 37.0 Å². The fourth-order valence-electron chi connectivity index (χ4n) is 3.83. The maximum atomic E-state index is 13.3. The highest BCUT2D eigenvalue weighted by Gasteiger charge is 2.29. The number of rotatable bonds is 11. The van der Waals surface area contributed by atoms with Crippen molar-refractivity contribution in [1.29, 1.82) is 0 Å². The number of amides is 2. The molecule has 0 saturated carbocycles. The first-order chi connectivity index (χ1) is 17.6.